The van der Waals surface area contributed by atoms with Gasteiger partial charge >= 0.3 is 0 Å². The van der Waals surface area contributed by atoms with Crippen LogP contribution in [-0.2, 0) is 4.79 Å². The van der Waals surface area contributed by atoms with Crippen LogP contribution in [0.4, 0.5) is 10.8 Å². The second-order valence-electron chi connectivity index (χ2n) is 4.64. The zero-order valence-corrected chi connectivity index (χ0v) is 14.2. The molecular formula is C15H18N4O3S. The molecule has 2 aromatic rings. The third kappa shape index (κ3) is 4.43. The molecule has 2 N–H and O–H groups in total. The first-order chi connectivity index (χ1) is 11.0. The number of rotatable bonds is 6. The highest BCUT2D eigenvalue weighted by atomic mass is 32.1. The lowest BCUT2D eigenvalue weighted by Gasteiger charge is -2.13. The molecule has 0 fully saturated rings. The summed E-state index contributed by atoms with van der Waals surface area (Å²) in [4.78, 5) is 15.6. The maximum atomic E-state index is 11.4. The number of hydrazone groups is 1. The average Bonchev–Trinajstić information content (AvgIpc) is 2.93. The van der Waals surface area contributed by atoms with E-state index in [4.69, 9.17) is 9.47 Å². The number of nitrogens with zero attached hydrogens (tertiary/aromatic N) is 2. The number of ether oxygens (including phenoxy) is 2. The van der Waals surface area contributed by atoms with E-state index in [9.17, 15) is 4.79 Å². The van der Waals surface area contributed by atoms with Crippen molar-refractivity contribution in [2.75, 3.05) is 25.0 Å². The summed E-state index contributed by atoms with van der Waals surface area (Å²) in [6.45, 7) is 3.35. The van der Waals surface area contributed by atoms with Crippen LogP contribution < -0.4 is 20.2 Å². The molecule has 0 radical (unpaired) electrons. The van der Waals surface area contributed by atoms with Crippen molar-refractivity contribution < 1.29 is 14.3 Å². The van der Waals surface area contributed by atoms with Crippen molar-refractivity contribution in [1.82, 2.24) is 4.98 Å². The normalized spacial score (nSPS) is 10.6. The molecule has 2 rings (SSSR count). The molecule has 0 aliphatic heterocycles. The van der Waals surface area contributed by atoms with Gasteiger partial charge in [-0.25, -0.2) is 4.98 Å². The highest BCUT2D eigenvalue weighted by molar-refractivity contribution is 7.13. The predicted molar refractivity (Wildman–Crippen MR) is 91.9 cm³/mol. The van der Waals surface area contributed by atoms with Crippen LogP contribution in [-0.4, -0.2) is 31.3 Å². The lowest BCUT2D eigenvalue weighted by Crippen LogP contribution is -2.09. The van der Waals surface area contributed by atoms with Crippen molar-refractivity contribution in [3.05, 3.63) is 28.8 Å². The predicted octanol–water partition coefficient (Wildman–Crippen LogP) is 2.87. The number of aryl methyl sites for hydroxylation is 1. The first kappa shape index (κ1) is 16.8. The van der Waals surface area contributed by atoms with Gasteiger partial charge in [-0.3, -0.25) is 10.2 Å². The maximum Gasteiger partial charge on any atom is 0.221 e. The van der Waals surface area contributed by atoms with E-state index in [1.54, 1.807) is 25.5 Å². The average molecular weight is 334 g/mol. The summed E-state index contributed by atoms with van der Waals surface area (Å²) >= 11 is 1.46. The molecule has 0 saturated heterocycles. The van der Waals surface area contributed by atoms with Gasteiger partial charge in [0.15, 0.2) is 11.5 Å². The van der Waals surface area contributed by atoms with Crippen molar-refractivity contribution in [2.24, 2.45) is 5.10 Å². The van der Waals surface area contributed by atoms with E-state index in [-0.39, 0.29) is 5.91 Å². The first-order valence-electron chi connectivity index (χ1n) is 6.78. The van der Waals surface area contributed by atoms with Crippen LogP contribution in [0.2, 0.25) is 0 Å². The monoisotopic (exact) mass is 334 g/mol. The fourth-order valence-electron chi connectivity index (χ4n) is 1.86. The number of carbonyl (C=O) groups is 1. The molecule has 1 amide bonds. The van der Waals surface area contributed by atoms with E-state index in [1.165, 1.54) is 25.4 Å². The number of amides is 1. The van der Waals surface area contributed by atoms with Gasteiger partial charge in [-0.15, -0.1) is 11.3 Å². The Labute approximate surface area is 138 Å². The molecule has 0 aliphatic carbocycles. The van der Waals surface area contributed by atoms with Crippen LogP contribution in [0, 0.1) is 6.92 Å². The Bertz CT molecular complexity index is 728. The van der Waals surface area contributed by atoms with Crippen molar-refractivity contribution in [1.29, 1.82) is 0 Å². The summed E-state index contributed by atoms with van der Waals surface area (Å²) in [6.07, 6.45) is 1.59. The largest absolute Gasteiger partial charge is 0.493 e. The highest BCUT2D eigenvalue weighted by Gasteiger charge is 2.11. The minimum absolute atomic E-state index is 0.185. The number of methoxy groups -OCH3 is 2. The van der Waals surface area contributed by atoms with Gasteiger partial charge in [0.1, 0.15) is 0 Å². The lowest BCUT2D eigenvalue weighted by atomic mass is 10.1. The van der Waals surface area contributed by atoms with Crippen molar-refractivity contribution in [3.63, 3.8) is 0 Å². The van der Waals surface area contributed by atoms with Gasteiger partial charge in [-0.1, -0.05) is 0 Å². The minimum Gasteiger partial charge on any atom is -0.493 e. The maximum absolute atomic E-state index is 11.4. The molecule has 8 heteroatoms. The van der Waals surface area contributed by atoms with E-state index >= 15 is 0 Å². The molecule has 0 aliphatic rings. The molecule has 0 bridgehead atoms. The third-order valence-electron chi connectivity index (χ3n) is 2.85. The van der Waals surface area contributed by atoms with Gasteiger partial charge in [0.25, 0.3) is 0 Å². The molecule has 23 heavy (non-hydrogen) atoms. The van der Waals surface area contributed by atoms with Gasteiger partial charge in [0.05, 0.1) is 31.8 Å². The molecule has 0 unspecified atom stereocenters. The van der Waals surface area contributed by atoms with Gasteiger partial charge in [-0.2, -0.15) is 5.10 Å². The standard InChI is InChI=1S/C15H18N4O3S/c1-9-8-23-15(17-9)19-16-7-11-5-13(21-3)14(22-4)6-12(11)18-10(2)20/h5-8H,1-4H3,(H,17,19)(H,18,20). The number of hydrogen-bond donors (Lipinski definition) is 2. The van der Waals surface area contributed by atoms with E-state index in [0.29, 0.717) is 27.9 Å². The van der Waals surface area contributed by atoms with Gasteiger partial charge < -0.3 is 14.8 Å². The fraction of sp³-hybridized carbons (Fsp3) is 0.267. The number of aromatic nitrogens is 1. The number of carbonyl (C=O) groups excluding carboxylic acids is 1. The van der Waals surface area contributed by atoms with E-state index in [2.05, 4.69) is 20.8 Å². The van der Waals surface area contributed by atoms with Crippen LogP contribution in [0.1, 0.15) is 18.2 Å². The van der Waals surface area contributed by atoms with Gasteiger partial charge in [-0.05, 0) is 13.0 Å². The molecule has 0 saturated carbocycles. The Morgan fingerprint density at radius 2 is 2.00 bits per heavy atom. The quantitative estimate of drug-likeness (QED) is 0.627. The molecular weight excluding hydrogens is 316 g/mol. The van der Waals surface area contributed by atoms with Gasteiger partial charge in [0.2, 0.25) is 11.0 Å². The Kier molecular flexibility index (Phi) is 5.53. The Morgan fingerprint density at radius 3 is 2.57 bits per heavy atom. The SMILES string of the molecule is COc1cc(C=NNc2nc(C)cs2)c(NC(C)=O)cc1OC. The van der Waals surface area contributed by atoms with Crippen LogP contribution in [0.3, 0.4) is 0 Å². The molecule has 0 atom stereocenters. The summed E-state index contributed by atoms with van der Waals surface area (Å²) in [5, 5.41) is 9.52. The summed E-state index contributed by atoms with van der Waals surface area (Å²) in [5.41, 5.74) is 5.04. The zero-order chi connectivity index (χ0) is 16.8. The second-order valence-corrected chi connectivity index (χ2v) is 5.50. The summed E-state index contributed by atoms with van der Waals surface area (Å²) < 4.78 is 10.5. The second kappa shape index (κ2) is 7.59. The lowest BCUT2D eigenvalue weighted by molar-refractivity contribution is -0.114. The van der Waals surface area contributed by atoms with Crippen LogP contribution in [0.25, 0.3) is 0 Å². The van der Waals surface area contributed by atoms with Crippen molar-refractivity contribution >= 4 is 34.3 Å². The molecule has 0 spiro atoms. The van der Waals surface area contributed by atoms with Crippen LogP contribution in [0.5, 0.6) is 11.5 Å². The van der Waals surface area contributed by atoms with Crippen molar-refractivity contribution in [3.8, 4) is 11.5 Å². The number of hydrogen-bond acceptors (Lipinski definition) is 7. The first-order valence-corrected chi connectivity index (χ1v) is 7.66. The van der Waals surface area contributed by atoms with Crippen molar-refractivity contribution in [2.45, 2.75) is 13.8 Å². The topological polar surface area (TPSA) is 84.8 Å². The van der Waals surface area contributed by atoms with Crippen LogP contribution in [0.15, 0.2) is 22.6 Å². The molecule has 122 valence electrons. The van der Waals surface area contributed by atoms with Crippen LogP contribution >= 0.6 is 11.3 Å². The van der Waals surface area contributed by atoms with E-state index < -0.39 is 0 Å². The zero-order valence-electron chi connectivity index (χ0n) is 13.3. The summed E-state index contributed by atoms with van der Waals surface area (Å²) in [5.74, 6) is 0.889. The summed E-state index contributed by atoms with van der Waals surface area (Å²) in [7, 11) is 3.09. The highest BCUT2D eigenvalue weighted by Crippen LogP contribution is 2.32. The molecule has 1 heterocycles. The van der Waals surface area contributed by atoms with E-state index in [0.717, 1.165) is 5.69 Å². The molecule has 1 aromatic carbocycles. The van der Waals surface area contributed by atoms with Gasteiger partial charge in [0, 0.05) is 23.9 Å². The third-order valence-corrected chi connectivity index (χ3v) is 3.71. The minimum atomic E-state index is -0.185. The fourth-order valence-corrected chi connectivity index (χ4v) is 2.50. The molecule has 1 aromatic heterocycles. The van der Waals surface area contributed by atoms with E-state index in [1.807, 2.05) is 12.3 Å². The molecule has 7 nitrogen and oxygen atoms in total. The number of nitrogens with one attached hydrogen (secondary N) is 2. The smallest absolute Gasteiger partial charge is 0.221 e. The number of anilines is 2. The summed E-state index contributed by atoms with van der Waals surface area (Å²) in [6, 6.07) is 3.43. The Balaban J connectivity index is 2.28. The Morgan fingerprint density at radius 1 is 1.30 bits per heavy atom. The number of benzene rings is 1. The number of thiazole rings is 1. The Hall–Kier alpha value is -2.61.